The molecule has 1 N–H and O–H groups in total. The summed E-state index contributed by atoms with van der Waals surface area (Å²) in [5, 5.41) is 9.25. The molecule has 0 unspecified atom stereocenters. The van der Waals surface area contributed by atoms with Crippen molar-refractivity contribution in [1.82, 2.24) is 4.90 Å². The molecule has 2 aliphatic rings. The molecule has 0 aliphatic carbocycles. The lowest BCUT2D eigenvalue weighted by molar-refractivity contribution is -0.150. The number of likely N-dealkylation sites (tertiary alicyclic amines) is 1. The zero-order valence-electron chi connectivity index (χ0n) is 14.1. The Bertz CT molecular complexity index is 696. The monoisotopic (exact) mass is 342 g/mol. The van der Waals surface area contributed by atoms with Crippen LogP contribution < -0.4 is 4.90 Å². The highest BCUT2D eigenvalue weighted by Gasteiger charge is 2.30. The molecule has 2 saturated heterocycles. The van der Waals surface area contributed by atoms with Gasteiger partial charge in [-0.15, -0.1) is 0 Å². The summed E-state index contributed by atoms with van der Waals surface area (Å²) in [6, 6.07) is 6.72. The van der Waals surface area contributed by atoms with Gasteiger partial charge in [0.05, 0.1) is 0 Å². The Labute approximate surface area is 146 Å². The fraction of sp³-hybridized carbons (Fsp3) is 0.421. The zero-order chi connectivity index (χ0) is 17.8. The van der Waals surface area contributed by atoms with Gasteiger partial charge in [-0.2, -0.15) is 0 Å². The van der Waals surface area contributed by atoms with Crippen LogP contribution in [-0.4, -0.2) is 46.9 Å². The predicted molar refractivity (Wildman–Crippen MR) is 94.1 cm³/mol. The Kier molecular flexibility index (Phi) is 5.16. The van der Waals surface area contributed by atoms with Gasteiger partial charge in [-0.05, 0) is 49.5 Å². The van der Waals surface area contributed by atoms with Crippen molar-refractivity contribution >= 4 is 29.5 Å². The molecule has 25 heavy (non-hydrogen) atoms. The van der Waals surface area contributed by atoms with Crippen LogP contribution in [0.4, 0.5) is 5.69 Å². The summed E-state index contributed by atoms with van der Waals surface area (Å²) in [7, 11) is 0. The maximum atomic E-state index is 12.3. The van der Waals surface area contributed by atoms with Crippen LogP contribution in [0.1, 0.15) is 37.7 Å². The number of nitrogens with zero attached hydrogens (tertiary/aromatic N) is 2. The lowest BCUT2D eigenvalue weighted by Crippen LogP contribution is -2.47. The van der Waals surface area contributed by atoms with Gasteiger partial charge in [0, 0.05) is 31.3 Å². The average molecular weight is 342 g/mol. The number of amides is 2. The molecule has 6 nitrogen and oxygen atoms in total. The van der Waals surface area contributed by atoms with E-state index in [-0.39, 0.29) is 11.8 Å². The van der Waals surface area contributed by atoms with Crippen LogP contribution in [0.2, 0.25) is 0 Å². The standard InChI is InChI=1S/C19H22N2O4/c22-17-5-3-13-20(17)15-9-6-14(7-10-15)8-11-18(23)21-12-2-1-4-16(21)19(24)25/h6-11,16H,1-5,12-13H2,(H,24,25)/b11-8-/t16-/m1/s1. The minimum atomic E-state index is -0.943. The van der Waals surface area contributed by atoms with E-state index in [0.29, 0.717) is 19.4 Å². The Morgan fingerprint density at radius 2 is 1.84 bits per heavy atom. The number of hydrogen-bond acceptors (Lipinski definition) is 3. The fourth-order valence-electron chi connectivity index (χ4n) is 3.40. The molecule has 132 valence electrons. The molecule has 0 aromatic heterocycles. The molecule has 0 spiro atoms. The summed E-state index contributed by atoms with van der Waals surface area (Å²) >= 11 is 0. The average Bonchev–Trinajstić information content (AvgIpc) is 3.06. The van der Waals surface area contributed by atoms with Gasteiger partial charge in [-0.1, -0.05) is 12.1 Å². The first-order chi connectivity index (χ1) is 12.1. The largest absolute Gasteiger partial charge is 0.480 e. The summed E-state index contributed by atoms with van der Waals surface area (Å²) < 4.78 is 0. The van der Waals surface area contributed by atoms with Gasteiger partial charge in [0.25, 0.3) is 0 Å². The van der Waals surface area contributed by atoms with Crippen LogP contribution in [-0.2, 0) is 14.4 Å². The van der Waals surface area contributed by atoms with E-state index in [9.17, 15) is 19.5 Å². The fourth-order valence-corrected chi connectivity index (χ4v) is 3.40. The van der Waals surface area contributed by atoms with Crippen molar-refractivity contribution in [1.29, 1.82) is 0 Å². The molecule has 0 saturated carbocycles. The van der Waals surface area contributed by atoms with E-state index in [1.54, 1.807) is 11.0 Å². The van der Waals surface area contributed by atoms with Crippen LogP contribution in [0.3, 0.4) is 0 Å². The number of anilines is 1. The van der Waals surface area contributed by atoms with Crippen LogP contribution in [0, 0.1) is 0 Å². The first-order valence-corrected chi connectivity index (χ1v) is 8.68. The number of carbonyl (C=O) groups is 3. The zero-order valence-corrected chi connectivity index (χ0v) is 14.1. The lowest BCUT2D eigenvalue weighted by Gasteiger charge is -2.32. The number of carbonyl (C=O) groups excluding carboxylic acids is 2. The first-order valence-electron chi connectivity index (χ1n) is 8.68. The Balaban J connectivity index is 1.65. The molecule has 2 heterocycles. The van der Waals surface area contributed by atoms with Crippen LogP contribution in [0.15, 0.2) is 30.3 Å². The van der Waals surface area contributed by atoms with Gasteiger partial charge < -0.3 is 14.9 Å². The molecule has 1 atom stereocenters. The molecular formula is C19H22N2O4. The third-order valence-corrected chi connectivity index (χ3v) is 4.77. The maximum Gasteiger partial charge on any atom is 0.326 e. The molecule has 0 radical (unpaired) electrons. The van der Waals surface area contributed by atoms with Crippen molar-refractivity contribution in [2.75, 3.05) is 18.0 Å². The third kappa shape index (κ3) is 3.90. The summed E-state index contributed by atoms with van der Waals surface area (Å²) in [4.78, 5) is 38.6. The smallest absolute Gasteiger partial charge is 0.326 e. The minimum absolute atomic E-state index is 0.142. The second-order valence-electron chi connectivity index (χ2n) is 6.46. The Morgan fingerprint density at radius 3 is 2.48 bits per heavy atom. The molecule has 6 heteroatoms. The van der Waals surface area contributed by atoms with Gasteiger partial charge in [-0.25, -0.2) is 4.79 Å². The van der Waals surface area contributed by atoms with Crippen molar-refractivity contribution in [2.45, 2.75) is 38.1 Å². The van der Waals surface area contributed by atoms with Crippen molar-refractivity contribution in [3.63, 3.8) is 0 Å². The summed E-state index contributed by atoms with van der Waals surface area (Å²) in [5.41, 5.74) is 1.71. The highest BCUT2D eigenvalue weighted by atomic mass is 16.4. The van der Waals surface area contributed by atoms with E-state index >= 15 is 0 Å². The number of hydrogen-bond donors (Lipinski definition) is 1. The van der Waals surface area contributed by atoms with Gasteiger partial charge in [0.1, 0.15) is 6.04 Å². The molecule has 2 fully saturated rings. The highest BCUT2D eigenvalue weighted by molar-refractivity contribution is 5.96. The number of aliphatic carboxylic acids is 1. The molecule has 0 bridgehead atoms. The van der Waals surface area contributed by atoms with Crippen LogP contribution in [0.5, 0.6) is 0 Å². The van der Waals surface area contributed by atoms with Gasteiger partial charge in [0.15, 0.2) is 0 Å². The predicted octanol–water partition coefficient (Wildman–Crippen LogP) is 2.29. The van der Waals surface area contributed by atoms with E-state index in [1.165, 1.54) is 11.0 Å². The van der Waals surface area contributed by atoms with E-state index in [1.807, 2.05) is 24.3 Å². The third-order valence-electron chi connectivity index (χ3n) is 4.77. The van der Waals surface area contributed by atoms with Crippen molar-refractivity contribution in [3.8, 4) is 0 Å². The molecular weight excluding hydrogens is 320 g/mol. The van der Waals surface area contributed by atoms with E-state index in [4.69, 9.17) is 0 Å². The van der Waals surface area contributed by atoms with Crippen molar-refractivity contribution in [2.24, 2.45) is 0 Å². The van der Waals surface area contributed by atoms with Crippen molar-refractivity contribution in [3.05, 3.63) is 35.9 Å². The number of carboxylic acid groups (broad SMARTS) is 1. The summed E-state index contributed by atoms with van der Waals surface area (Å²) in [5.74, 6) is -1.07. The first kappa shape index (κ1) is 17.2. The maximum absolute atomic E-state index is 12.3. The molecule has 3 rings (SSSR count). The topological polar surface area (TPSA) is 77.9 Å². The second kappa shape index (κ2) is 7.51. The van der Waals surface area contributed by atoms with Crippen molar-refractivity contribution < 1.29 is 19.5 Å². The van der Waals surface area contributed by atoms with Gasteiger partial charge in [-0.3, -0.25) is 9.59 Å². The number of benzene rings is 1. The SMILES string of the molecule is O=C(O)[C@H]1CCCCN1C(=O)/C=C\c1ccc(N2CCCC2=O)cc1. The molecule has 2 amide bonds. The Morgan fingerprint density at radius 1 is 1.08 bits per heavy atom. The molecule has 2 aliphatic heterocycles. The lowest BCUT2D eigenvalue weighted by atomic mass is 10.0. The highest BCUT2D eigenvalue weighted by Crippen LogP contribution is 2.22. The Hall–Kier alpha value is -2.63. The van der Waals surface area contributed by atoms with Gasteiger partial charge >= 0.3 is 5.97 Å². The molecule has 1 aromatic rings. The molecule has 1 aromatic carbocycles. The van der Waals surface area contributed by atoms with Crippen LogP contribution >= 0.6 is 0 Å². The van der Waals surface area contributed by atoms with E-state index < -0.39 is 12.0 Å². The number of carboxylic acids is 1. The summed E-state index contributed by atoms with van der Waals surface area (Å²) in [6.07, 6.45) is 6.77. The minimum Gasteiger partial charge on any atom is -0.480 e. The number of piperidine rings is 1. The second-order valence-corrected chi connectivity index (χ2v) is 6.46. The normalized spacial score (nSPS) is 21.1. The van der Waals surface area contributed by atoms with Crippen LogP contribution in [0.25, 0.3) is 6.08 Å². The van der Waals surface area contributed by atoms with E-state index in [0.717, 1.165) is 37.1 Å². The quantitative estimate of drug-likeness (QED) is 0.852. The van der Waals surface area contributed by atoms with E-state index in [2.05, 4.69) is 0 Å². The summed E-state index contributed by atoms with van der Waals surface area (Å²) in [6.45, 7) is 1.23. The number of rotatable bonds is 4. The van der Waals surface area contributed by atoms with Gasteiger partial charge in [0.2, 0.25) is 11.8 Å².